The molecule has 25 heavy (non-hydrogen) atoms. The van der Waals surface area contributed by atoms with Crippen LogP contribution in [0.4, 0.5) is 0 Å². The Balaban J connectivity index is 1.87. The molecule has 0 unspecified atom stereocenters. The van der Waals surface area contributed by atoms with E-state index in [1.807, 2.05) is 26.8 Å². The molecule has 2 atom stereocenters. The van der Waals surface area contributed by atoms with Crippen LogP contribution in [0.25, 0.3) is 0 Å². The van der Waals surface area contributed by atoms with Crippen molar-refractivity contribution in [3.8, 4) is 0 Å². The minimum absolute atomic E-state index is 0.0569. The van der Waals surface area contributed by atoms with Crippen molar-refractivity contribution >= 4 is 5.91 Å². The summed E-state index contributed by atoms with van der Waals surface area (Å²) in [6.07, 6.45) is 2.24. The van der Waals surface area contributed by atoms with Gasteiger partial charge in [-0.2, -0.15) is 5.10 Å². The molecule has 2 aromatic rings. The zero-order valence-electron chi connectivity index (χ0n) is 15.2. The SMILES string of the molecule is COCCn1nc2c(c1C(=O)NCc1occc1C)C[C@H](C)O[C@@H]2C. The van der Waals surface area contributed by atoms with E-state index in [-0.39, 0.29) is 18.1 Å². The van der Waals surface area contributed by atoms with E-state index in [1.54, 1.807) is 18.1 Å². The number of methoxy groups -OCH3 is 1. The number of nitrogens with zero attached hydrogens (tertiary/aromatic N) is 2. The monoisotopic (exact) mass is 347 g/mol. The summed E-state index contributed by atoms with van der Waals surface area (Å²) in [6.45, 7) is 7.30. The highest BCUT2D eigenvalue weighted by atomic mass is 16.5. The lowest BCUT2D eigenvalue weighted by atomic mass is 9.99. The third kappa shape index (κ3) is 3.62. The van der Waals surface area contributed by atoms with Crippen molar-refractivity contribution in [3.63, 3.8) is 0 Å². The van der Waals surface area contributed by atoms with Crippen molar-refractivity contribution in [1.29, 1.82) is 0 Å². The molecule has 1 aliphatic rings. The number of carbonyl (C=O) groups is 1. The lowest BCUT2D eigenvalue weighted by molar-refractivity contribution is -0.00716. The topological polar surface area (TPSA) is 78.5 Å². The number of nitrogens with one attached hydrogen (secondary N) is 1. The van der Waals surface area contributed by atoms with Gasteiger partial charge in [-0.25, -0.2) is 0 Å². The molecule has 0 bridgehead atoms. The van der Waals surface area contributed by atoms with Gasteiger partial charge in [-0.05, 0) is 32.4 Å². The second kappa shape index (κ2) is 7.41. The molecule has 0 radical (unpaired) electrons. The summed E-state index contributed by atoms with van der Waals surface area (Å²) in [5, 5.41) is 7.56. The van der Waals surface area contributed by atoms with E-state index in [0.29, 0.717) is 31.8 Å². The van der Waals surface area contributed by atoms with E-state index >= 15 is 0 Å². The van der Waals surface area contributed by atoms with Gasteiger partial charge in [0.05, 0.1) is 43.9 Å². The first kappa shape index (κ1) is 17.7. The quantitative estimate of drug-likeness (QED) is 0.868. The molecule has 0 saturated carbocycles. The second-order valence-corrected chi connectivity index (χ2v) is 6.43. The summed E-state index contributed by atoms with van der Waals surface area (Å²) < 4.78 is 18.1. The van der Waals surface area contributed by atoms with Crippen molar-refractivity contribution in [2.75, 3.05) is 13.7 Å². The van der Waals surface area contributed by atoms with Gasteiger partial charge in [0.25, 0.3) is 5.91 Å². The lowest BCUT2D eigenvalue weighted by Crippen LogP contribution is -2.29. The first-order valence-electron chi connectivity index (χ1n) is 8.56. The Morgan fingerprint density at radius 2 is 2.28 bits per heavy atom. The Bertz CT molecular complexity index is 750. The molecule has 2 aromatic heterocycles. The predicted molar refractivity (Wildman–Crippen MR) is 91.4 cm³/mol. The second-order valence-electron chi connectivity index (χ2n) is 6.43. The molecular formula is C18H25N3O4. The molecule has 3 heterocycles. The number of fused-ring (bicyclic) bond motifs is 1. The summed E-state index contributed by atoms with van der Waals surface area (Å²) in [7, 11) is 1.64. The molecular weight excluding hydrogens is 322 g/mol. The van der Waals surface area contributed by atoms with Gasteiger partial charge in [0.15, 0.2) is 0 Å². The number of hydrogen-bond acceptors (Lipinski definition) is 5. The predicted octanol–water partition coefficient (Wildman–Crippen LogP) is 2.38. The minimum atomic E-state index is -0.151. The Hall–Kier alpha value is -2.12. The van der Waals surface area contributed by atoms with E-state index in [4.69, 9.17) is 13.9 Å². The largest absolute Gasteiger partial charge is 0.467 e. The van der Waals surface area contributed by atoms with Crippen molar-refractivity contribution in [2.24, 2.45) is 0 Å². The molecule has 1 N–H and O–H groups in total. The van der Waals surface area contributed by atoms with Gasteiger partial charge in [-0.3, -0.25) is 9.48 Å². The third-order valence-electron chi connectivity index (χ3n) is 4.49. The van der Waals surface area contributed by atoms with Crippen LogP contribution in [0.2, 0.25) is 0 Å². The van der Waals surface area contributed by atoms with Crippen LogP contribution in [0.1, 0.15) is 53.0 Å². The van der Waals surface area contributed by atoms with Gasteiger partial charge in [0, 0.05) is 19.1 Å². The molecule has 0 spiro atoms. The minimum Gasteiger partial charge on any atom is -0.467 e. The molecule has 1 amide bonds. The van der Waals surface area contributed by atoms with Crippen LogP contribution in [0.15, 0.2) is 16.7 Å². The van der Waals surface area contributed by atoms with E-state index in [9.17, 15) is 4.79 Å². The fourth-order valence-corrected chi connectivity index (χ4v) is 3.22. The van der Waals surface area contributed by atoms with Gasteiger partial charge < -0.3 is 19.2 Å². The fraction of sp³-hybridized carbons (Fsp3) is 0.556. The van der Waals surface area contributed by atoms with Gasteiger partial charge in [0.1, 0.15) is 11.5 Å². The van der Waals surface area contributed by atoms with Crippen LogP contribution in [0.5, 0.6) is 0 Å². The van der Waals surface area contributed by atoms with Crippen molar-refractivity contribution in [1.82, 2.24) is 15.1 Å². The highest BCUT2D eigenvalue weighted by molar-refractivity contribution is 5.94. The molecule has 0 aromatic carbocycles. The molecule has 3 rings (SSSR count). The zero-order valence-corrected chi connectivity index (χ0v) is 15.2. The standard InChI is InChI=1S/C18H25N3O4/c1-11-5-7-24-15(11)10-19-18(22)17-14-9-12(2)25-13(3)16(14)20-21(17)6-8-23-4/h5,7,12-13H,6,8-10H2,1-4H3,(H,19,22)/t12-,13+/m0/s1. The summed E-state index contributed by atoms with van der Waals surface area (Å²) in [6, 6.07) is 1.88. The maximum atomic E-state index is 12.9. The number of aromatic nitrogens is 2. The van der Waals surface area contributed by atoms with Crippen LogP contribution < -0.4 is 5.32 Å². The smallest absolute Gasteiger partial charge is 0.270 e. The van der Waals surface area contributed by atoms with Crippen molar-refractivity contribution in [3.05, 3.63) is 40.6 Å². The van der Waals surface area contributed by atoms with Gasteiger partial charge in [-0.15, -0.1) is 0 Å². The molecule has 0 aliphatic carbocycles. The number of carbonyl (C=O) groups excluding carboxylic acids is 1. The maximum Gasteiger partial charge on any atom is 0.270 e. The number of hydrogen-bond donors (Lipinski definition) is 1. The summed E-state index contributed by atoms with van der Waals surface area (Å²) >= 11 is 0. The first-order chi connectivity index (χ1) is 12.0. The van der Waals surface area contributed by atoms with Crippen LogP contribution in [-0.4, -0.2) is 35.5 Å². The van der Waals surface area contributed by atoms with Crippen molar-refractivity contribution in [2.45, 2.75) is 52.5 Å². The Labute approximate surface area is 147 Å². The molecule has 136 valence electrons. The van der Waals surface area contributed by atoms with Crippen LogP contribution in [0, 0.1) is 6.92 Å². The molecule has 7 nitrogen and oxygen atoms in total. The normalized spacial score (nSPS) is 19.7. The maximum absolute atomic E-state index is 12.9. The molecule has 1 aliphatic heterocycles. The van der Waals surface area contributed by atoms with E-state index < -0.39 is 0 Å². The number of furan rings is 1. The Morgan fingerprint density at radius 3 is 2.96 bits per heavy atom. The summed E-state index contributed by atoms with van der Waals surface area (Å²) in [4.78, 5) is 12.9. The fourth-order valence-electron chi connectivity index (χ4n) is 3.22. The summed E-state index contributed by atoms with van der Waals surface area (Å²) in [5.41, 5.74) is 3.42. The third-order valence-corrected chi connectivity index (χ3v) is 4.49. The molecule has 0 saturated heterocycles. The zero-order chi connectivity index (χ0) is 18.0. The van der Waals surface area contributed by atoms with Crippen molar-refractivity contribution < 1.29 is 18.7 Å². The average molecular weight is 347 g/mol. The number of rotatable bonds is 6. The van der Waals surface area contributed by atoms with E-state index in [0.717, 1.165) is 22.6 Å². The van der Waals surface area contributed by atoms with Gasteiger partial charge >= 0.3 is 0 Å². The Kier molecular flexibility index (Phi) is 5.24. The van der Waals surface area contributed by atoms with Gasteiger partial charge in [-0.1, -0.05) is 0 Å². The highest BCUT2D eigenvalue weighted by Crippen LogP contribution is 2.31. The molecule has 0 fully saturated rings. The van der Waals surface area contributed by atoms with E-state index in [2.05, 4.69) is 10.4 Å². The highest BCUT2D eigenvalue weighted by Gasteiger charge is 2.32. The first-order valence-corrected chi connectivity index (χ1v) is 8.56. The van der Waals surface area contributed by atoms with E-state index in [1.165, 1.54) is 0 Å². The Morgan fingerprint density at radius 1 is 1.48 bits per heavy atom. The number of ether oxygens (including phenoxy) is 2. The van der Waals surface area contributed by atoms with Gasteiger partial charge in [0.2, 0.25) is 0 Å². The van der Waals surface area contributed by atoms with Crippen LogP contribution >= 0.6 is 0 Å². The number of aryl methyl sites for hydroxylation is 1. The number of amides is 1. The van der Waals surface area contributed by atoms with Crippen LogP contribution in [-0.2, 0) is 29.0 Å². The van der Waals surface area contributed by atoms with Crippen LogP contribution in [0.3, 0.4) is 0 Å². The molecule has 7 heteroatoms. The summed E-state index contributed by atoms with van der Waals surface area (Å²) in [5.74, 6) is 0.609. The lowest BCUT2D eigenvalue weighted by Gasteiger charge is -2.24. The average Bonchev–Trinajstić information content (AvgIpc) is 3.14.